The van der Waals surface area contributed by atoms with E-state index in [1.54, 1.807) is 0 Å². The summed E-state index contributed by atoms with van der Waals surface area (Å²) in [6, 6.07) is 9.12. The van der Waals surface area contributed by atoms with Crippen LogP contribution in [0.15, 0.2) is 28.7 Å². The fourth-order valence-corrected chi connectivity index (χ4v) is 2.38. The van der Waals surface area contributed by atoms with E-state index in [0.717, 1.165) is 23.5 Å². The Morgan fingerprint density at radius 3 is 3.00 bits per heavy atom. The molecule has 0 aliphatic heterocycles. The molecule has 1 unspecified atom stereocenters. The van der Waals surface area contributed by atoms with Crippen molar-refractivity contribution in [1.29, 1.82) is 0 Å². The van der Waals surface area contributed by atoms with E-state index < -0.39 is 0 Å². The van der Waals surface area contributed by atoms with Crippen LogP contribution in [0, 0.1) is 0 Å². The van der Waals surface area contributed by atoms with Crippen LogP contribution in [0.3, 0.4) is 0 Å². The highest BCUT2D eigenvalue weighted by Gasteiger charge is 2.19. The van der Waals surface area contributed by atoms with Crippen LogP contribution >= 0.6 is 15.9 Å². The fraction of sp³-hybridized carbons (Fsp3) is 0.600. The summed E-state index contributed by atoms with van der Waals surface area (Å²) in [5.41, 5.74) is 1.23. The molecule has 3 heteroatoms. The van der Waals surface area contributed by atoms with Gasteiger partial charge in [0.15, 0.2) is 0 Å². The van der Waals surface area contributed by atoms with Crippen molar-refractivity contribution >= 4 is 15.9 Å². The van der Waals surface area contributed by atoms with Gasteiger partial charge in [0.1, 0.15) is 0 Å². The zero-order valence-electron chi connectivity index (χ0n) is 11.0. The number of hydrogen-bond donors (Lipinski definition) is 1. The first-order valence-electron chi connectivity index (χ1n) is 6.83. The van der Waals surface area contributed by atoms with Crippen molar-refractivity contribution < 1.29 is 4.74 Å². The van der Waals surface area contributed by atoms with E-state index >= 15 is 0 Å². The van der Waals surface area contributed by atoms with E-state index in [-0.39, 0.29) is 0 Å². The monoisotopic (exact) mass is 311 g/mol. The minimum Gasteiger partial charge on any atom is -0.374 e. The molecule has 2 rings (SSSR count). The fourth-order valence-electron chi connectivity index (χ4n) is 1.93. The molecule has 18 heavy (non-hydrogen) atoms. The highest BCUT2D eigenvalue weighted by atomic mass is 79.9. The van der Waals surface area contributed by atoms with E-state index in [9.17, 15) is 0 Å². The number of hydrogen-bond acceptors (Lipinski definition) is 2. The average Bonchev–Trinajstić information content (AvgIpc) is 3.16. The molecule has 0 spiro atoms. The Morgan fingerprint density at radius 1 is 1.44 bits per heavy atom. The van der Waals surface area contributed by atoms with Crippen LogP contribution in [0.25, 0.3) is 0 Å². The van der Waals surface area contributed by atoms with E-state index in [0.29, 0.717) is 12.7 Å². The molecule has 1 aromatic rings. The summed E-state index contributed by atoms with van der Waals surface area (Å²) in [5.74, 6) is 0. The molecule has 0 amide bonds. The standard InChI is InChI=1S/C15H22BrNO/c1-12(4-3-9-17-15-7-8-15)18-11-13-5-2-6-14(16)10-13/h2,5-6,10,12,15,17H,3-4,7-9,11H2,1H3. The van der Waals surface area contributed by atoms with Gasteiger partial charge >= 0.3 is 0 Å². The summed E-state index contributed by atoms with van der Waals surface area (Å²) in [5, 5.41) is 3.53. The van der Waals surface area contributed by atoms with Crippen LogP contribution in [-0.4, -0.2) is 18.7 Å². The van der Waals surface area contributed by atoms with Crippen LogP contribution in [0.4, 0.5) is 0 Å². The molecule has 1 aliphatic rings. The van der Waals surface area contributed by atoms with Gasteiger partial charge in [-0.05, 0) is 56.8 Å². The normalized spacial score (nSPS) is 16.8. The maximum absolute atomic E-state index is 5.86. The molecule has 0 aromatic heterocycles. The average molecular weight is 312 g/mol. The molecule has 100 valence electrons. The third kappa shape index (κ3) is 5.51. The second-order valence-electron chi connectivity index (χ2n) is 5.12. The Morgan fingerprint density at radius 2 is 2.28 bits per heavy atom. The van der Waals surface area contributed by atoms with Crippen molar-refractivity contribution in [2.24, 2.45) is 0 Å². The molecule has 0 saturated heterocycles. The second kappa shape index (κ2) is 7.27. The Bertz CT molecular complexity index is 365. The van der Waals surface area contributed by atoms with Gasteiger partial charge in [-0.3, -0.25) is 0 Å². The molecule has 1 N–H and O–H groups in total. The van der Waals surface area contributed by atoms with Gasteiger partial charge in [0, 0.05) is 10.5 Å². The van der Waals surface area contributed by atoms with Crippen molar-refractivity contribution in [1.82, 2.24) is 5.32 Å². The summed E-state index contributed by atoms with van der Waals surface area (Å²) in [4.78, 5) is 0. The Kier molecular flexibility index (Phi) is 5.67. The predicted octanol–water partition coefficient (Wildman–Crippen LogP) is 3.89. The van der Waals surface area contributed by atoms with Gasteiger partial charge in [-0.25, -0.2) is 0 Å². The lowest BCUT2D eigenvalue weighted by Crippen LogP contribution is -2.19. The van der Waals surface area contributed by atoms with Gasteiger partial charge in [-0.2, -0.15) is 0 Å². The van der Waals surface area contributed by atoms with Crippen molar-refractivity contribution in [3.63, 3.8) is 0 Å². The first-order chi connectivity index (χ1) is 8.74. The zero-order valence-corrected chi connectivity index (χ0v) is 12.6. The van der Waals surface area contributed by atoms with Gasteiger partial charge in [0.2, 0.25) is 0 Å². The summed E-state index contributed by atoms with van der Waals surface area (Å²) in [7, 11) is 0. The van der Waals surface area contributed by atoms with Gasteiger partial charge in [0.05, 0.1) is 12.7 Å². The van der Waals surface area contributed by atoms with Crippen molar-refractivity contribution in [3.8, 4) is 0 Å². The van der Waals surface area contributed by atoms with Crippen LogP contribution in [0.5, 0.6) is 0 Å². The Labute approximate surface area is 118 Å². The van der Waals surface area contributed by atoms with Gasteiger partial charge < -0.3 is 10.1 Å². The molecular formula is C15H22BrNO. The first kappa shape index (κ1) is 14.0. The summed E-state index contributed by atoms with van der Waals surface area (Å²) in [6.45, 7) is 4.00. The van der Waals surface area contributed by atoms with Crippen LogP contribution in [0.2, 0.25) is 0 Å². The van der Waals surface area contributed by atoms with Crippen LogP contribution in [0.1, 0.15) is 38.2 Å². The highest BCUT2D eigenvalue weighted by Crippen LogP contribution is 2.18. The predicted molar refractivity (Wildman–Crippen MR) is 78.7 cm³/mol. The molecule has 1 saturated carbocycles. The van der Waals surface area contributed by atoms with E-state index in [4.69, 9.17) is 4.74 Å². The lowest BCUT2D eigenvalue weighted by molar-refractivity contribution is 0.0463. The van der Waals surface area contributed by atoms with Crippen molar-refractivity contribution in [2.45, 2.75) is 51.4 Å². The lowest BCUT2D eigenvalue weighted by Gasteiger charge is -2.13. The number of benzene rings is 1. The molecule has 1 atom stereocenters. The molecule has 1 aliphatic carbocycles. The maximum atomic E-state index is 5.86. The molecule has 0 heterocycles. The van der Waals surface area contributed by atoms with Gasteiger partial charge in [-0.15, -0.1) is 0 Å². The summed E-state index contributed by atoms with van der Waals surface area (Å²) < 4.78 is 6.97. The van der Waals surface area contributed by atoms with E-state index in [2.05, 4.69) is 40.3 Å². The topological polar surface area (TPSA) is 21.3 Å². The third-order valence-corrected chi connectivity index (χ3v) is 3.71. The molecule has 0 bridgehead atoms. The van der Waals surface area contributed by atoms with Crippen LogP contribution in [-0.2, 0) is 11.3 Å². The van der Waals surface area contributed by atoms with E-state index in [1.165, 1.54) is 24.8 Å². The quantitative estimate of drug-likeness (QED) is 0.735. The molecule has 1 fully saturated rings. The number of halogens is 1. The molecular weight excluding hydrogens is 290 g/mol. The molecule has 1 aromatic carbocycles. The summed E-state index contributed by atoms with van der Waals surface area (Å²) >= 11 is 3.48. The SMILES string of the molecule is CC(CCCNC1CC1)OCc1cccc(Br)c1. The highest BCUT2D eigenvalue weighted by molar-refractivity contribution is 9.10. The van der Waals surface area contributed by atoms with Crippen LogP contribution < -0.4 is 5.32 Å². The first-order valence-corrected chi connectivity index (χ1v) is 7.63. The minimum absolute atomic E-state index is 0.338. The minimum atomic E-state index is 0.338. The molecule has 0 radical (unpaired) electrons. The second-order valence-corrected chi connectivity index (χ2v) is 6.04. The van der Waals surface area contributed by atoms with Gasteiger partial charge in [0.25, 0.3) is 0 Å². The molecule has 2 nitrogen and oxygen atoms in total. The van der Waals surface area contributed by atoms with E-state index in [1.807, 2.05) is 12.1 Å². The number of rotatable bonds is 8. The Hall–Kier alpha value is -0.380. The zero-order chi connectivity index (χ0) is 12.8. The number of nitrogens with one attached hydrogen (secondary N) is 1. The lowest BCUT2D eigenvalue weighted by atomic mass is 10.2. The maximum Gasteiger partial charge on any atom is 0.0720 e. The van der Waals surface area contributed by atoms with Gasteiger partial charge in [-0.1, -0.05) is 28.1 Å². The number of ether oxygens (including phenoxy) is 1. The third-order valence-electron chi connectivity index (χ3n) is 3.22. The Balaban J connectivity index is 1.57. The summed E-state index contributed by atoms with van der Waals surface area (Å²) in [6.07, 6.45) is 5.42. The van der Waals surface area contributed by atoms with Crippen molar-refractivity contribution in [3.05, 3.63) is 34.3 Å². The smallest absolute Gasteiger partial charge is 0.0720 e. The van der Waals surface area contributed by atoms with Crippen molar-refractivity contribution in [2.75, 3.05) is 6.54 Å². The largest absolute Gasteiger partial charge is 0.374 e.